The topological polar surface area (TPSA) is 65.2 Å². The highest BCUT2D eigenvalue weighted by atomic mass is 35.5. The quantitative estimate of drug-likeness (QED) is 0.608. The van der Waals surface area contributed by atoms with E-state index in [1.54, 1.807) is 24.3 Å². The Bertz CT molecular complexity index is 941. The third kappa shape index (κ3) is 4.02. The zero-order chi connectivity index (χ0) is 18.7. The lowest BCUT2D eigenvalue weighted by atomic mass is 10.1. The van der Waals surface area contributed by atoms with E-state index in [0.29, 0.717) is 10.6 Å². The Labute approximate surface area is 150 Å². The van der Waals surface area contributed by atoms with Gasteiger partial charge in [0.1, 0.15) is 0 Å². The van der Waals surface area contributed by atoms with Crippen LogP contribution in [0.3, 0.4) is 0 Å². The van der Waals surface area contributed by atoms with E-state index in [1.165, 1.54) is 12.1 Å². The van der Waals surface area contributed by atoms with Crippen LogP contribution >= 0.6 is 11.6 Å². The Morgan fingerprint density at radius 1 is 1.15 bits per heavy atom. The van der Waals surface area contributed by atoms with Gasteiger partial charge in [0, 0.05) is 10.6 Å². The van der Waals surface area contributed by atoms with Crippen LogP contribution in [0, 0.1) is 0 Å². The minimum absolute atomic E-state index is 0.0576. The van der Waals surface area contributed by atoms with Crippen LogP contribution in [0.2, 0.25) is 5.02 Å². The van der Waals surface area contributed by atoms with E-state index in [2.05, 4.69) is 10.1 Å². The van der Waals surface area contributed by atoms with Crippen molar-refractivity contribution >= 4 is 17.6 Å². The Kier molecular flexibility index (Phi) is 4.94. The van der Waals surface area contributed by atoms with Gasteiger partial charge >= 0.3 is 12.1 Å². The summed E-state index contributed by atoms with van der Waals surface area (Å²) in [5.74, 6) is -0.979. The molecule has 0 saturated carbocycles. The first-order chi connectivity index (χ1) is 12.3. The first kappa shape index (κ1) is 17.9. The molecule has 0 aliphatic heterocycles. The van der Waals surface area contributed by atoms with Crippen LogP contribution < -0.4 is 0 Å². The lowest BCUT2D eigenvalue weighted by Gasteiger charge is -2.11. The molecule has 134 valence electrons. The molecule has 3 aromatic rings. The molecular weight excluding hydrogens is 373 g/mol. The van der Waals surface area contributed by atoms with Crippen molar-refractivity contribution in [2.75, 3.05) is 0 Å². The number of esters is 1. The van der Waals surface area contributed by atoms with Crippen molar-refractivity contribution in [2.45, 2.75) is 12.8 Å². The van der Waals surface area contributed by atoms with Crippen molar-refractivity contribution in [3.8, 4) is 11.4 Å². The molecule has 0 bridgehead atoms. The van der Waals surface area contributed by atoms with Gasteiger partial charge in [0.05, 0.1) is 11.1 Å². The molecule has 0 aliphatic carbocycles. The van der Waals surface area contributed by atoms with Crippen LogP contribution in [-0.4, -0.2) is 16.1 Å². The minimum atomic E-state index is -4.67. The Morgan fingerprint density at radius 3 is 2.65 bits per heavy atom. The summed E-state index contributed by atoms with van der Waals surface area (Å²) in [6.45, 7) is -0.460. The second kappa shape index (κ2) is 7.17. The van der Waals surface area contributed by atoms with Crippen LogP contribution in [0.1, 0.15) is 21.8 Å². The normalized spacial score (nSPS) is 11.4. The van der Waals surface area contributed by atoms with Gasteiger partial charge < -0.3 is 9.26 Å². The van der Waals surface area contributed by atoms with E-state index >= 15 is 0 Å². The molecule has 0 radical (unpaired) electrons. The predicted octanol–water partition coefficient (Wildman–Crippen LogP) is 4.77. The third-order valence-electron chi connectivity index (χ3n) is 3.33. The second-order valence-electron chi connectivity index (χ2n) is 5.14. The molecule has 9 heteroatoms. The lowest BCUT2D eigenvalue weighted by molar-refractivity contribution is -0.138. The highest BCUT2D eigenvalue weighted by molar-refractivity contribution is 6.30. The number of benzene rings is 2. The Balaban J connectivity index is 1.72. The molecule has 0 aliphatic rings. The molecule has 0 spiro atoms. The molecule has 26 heavy (non-hydrogen) atoms. The third-order valence-corrected chi connectivity index (χ3v) is 3.57. The molecule has 1 heterocycles. The summed E-state index contributed by atoms with van der Waals surface area (Å²) < 4.78 is 48.6. The molecule has 0 N–H and O–H groups in total. The van der Waals surface area contributed by atoms with Crippen LogP contribution in [0.4, 0.5) is 13.2 Å². The van der Waals surface area contributed by atoms with Crippen molar-refractivity contribution in [3.05, 3.63) is 70.6 Å². The van der Waals surface area contributed by atoms with E-state index in [0.717, 1.165) is 12.1 Å². The second-order valence-corrected chi connectivity index (χ2v) is 5.58. The van der Waals surface area contributed by atoms with Gasteiger partial charge in [-0.05, 0) is 24.3 Å². The largest absolute Gasteiger partial charge is 0.452 e. The van der Waals surface area contributed by atoms with Gasteiger partial charge in [-0.2, -0.15) is 18.2 Å². The van der Waals surface area contributed by atoms with E-state index in [-0.39, 0.29) is 11.7 Å². The van der Waals surface area contributed by atoms with E-state index in [4.69, 9.17) is 20.9 Å². The monoisotopic (exact) mass is 382 g/mol. The average molecular weight is 383 g/mol. The number of nitrogens with zero attached hydrogens (tertiary/aromatic N) is 2. The molecule has 0 amide bonds. The summed E-state index contributed by atoms with van der Waals surface area (Å²) in [4.78, 5) is 16.0. The molecule has 1 aromatic heterocycles. The zero-order valence-electron chi connectivity index (χ0n) is 13.0. The first-order valence-electron chi connectivity index (χ1n) is 7.26. The Morgan fingerprint density at radius 2 is 1.92 bits per heavy atom. The molecule has 0 atom stereocenters. The Hall–Kier alpha value is -2.87. The van der Waals surface area contributed by atoms with Crippen LogP contribution in [0.5, 0.6) is 0 Å². The smallest absolute Gasteiger partial charge is 0.417 e. The summed E-state index contributed by atoms with van der Waals surface area (Å²) in [5, 5.41) is 4.19. The molecular formula is C17H10ClF3N2O3. The van der Waals surface area contributed by atoms with E-state index in [9.17, 15) is 18.0 Å². The van der Waals surface area contributed by atoms with Crippen molar-refractivity contribution in [1.82, 2.24) is 10.1 Å². The number of ether oxygens (including phenoxy) is 1. The fourth-order valence-corrected chi connectivity index (χ4v) is 2.36. The summed E-state index contributed by atoms with van der Waals surface area (Å²) in [6.07, 6.45) is -4.67. The summed E-state index contributed by atoms with van der Waals surface area (Å²) in [7, 11) is 0. The summed E-state index contributed by atoms with van der Waals surface area (Å²) >= 11 is 5.88. The van der Waals surface area contributed by atoms with Gasteiger partial charge in [-0.25, -0.2) is 4.79 Å². The maximum Gasteiger partial charge on any atom is 0.417 e. The zero-order valence-corrected chi connectivity index (χ0v) is 13.7. The van der Waals surface area contributed by atoms with Crippen molar-refractivity contribution in [3.63, 3.8) is 0 Å². The highest BCUT2D eigenvalue weighted by Gasteiger charge is 2.35. The predicted molar refractivity (Wildman–Crippen MR) is 85.3 cm³/mol. The van der Waals surface area contributed by atoms with Crippen LogP contribution in [0.15, 0.2) is 53.1 Å². The summed E-state index contributed by atoms with van der Waals surface area (Å²) in [5.41, 5.74) is -1.08. The van der Waals surface area contributed by atoms with Crippen LogP contribution in [0.25, 0.3) is 11.4 Å². The average Bonchev–Trinajstić information content (AvgIpc) is 3.08. The number of rotatable bonds is 4. The SMILES string of the molecule is O=C(OCc1nc(-c2cccc(Cl)c2)no1)c1ccccc1C(F)(F)F. The fraction of sp³-hybridized carbons (Fsp3) is 0.118. The summed E-state index contributed by atoms with van der Waals surface area (Å²) in [6, 6.07) is 11.0. The van der Waals surface area contributed by atoms with Crippen molar-refractivity contribution in [2.24, 2.45) is 0 Å². The van der Waals surface area contributed by atoms with Crippen LogP contribution in [-0.2, 0) is 17.5 Å². The lowest BCUT2D eigenvalue weighted by Crippen LogP contribution is -2.15. The number of carbonyl (C=O) groups is 1. The standard InChI is InChI=1S/C17H10ClF3N2O3/c18-11-5-3-4-10(8-11)15-22-14(26-23-15)9-25-16(24)12-6-1-2-7-13(12)17(19,20)21/h1-8H,9H2. The highest BCUT2D eigenvalue weighted by Crippen LogP contribution is 2.32. The van der Waals surface area contributed by atoms with Gasteiger partial charge in [-0.1, -0.05) is 41.0 Å². The number of carbonyl (C=O) groups excluding carboxylic acids is 1. The number of halogens is 4. The molecule has 0 fully saturated rings. The number of hydrogen-bond donors (Lipinski definition) is 0. The maximum atomic E-state index is 12.9. The van der Waals surface area contributed by atoms with E-state index < -0.39 is 29.9 Å². The minimum Gasteiger partial charge on any atom is -0.452 e. The first-order valence-corrected chi connectivity index (χ1v) is 7.64. The van der Waals surface area contributed by atoms with E-state index in [1.807, 2.05) is 0 Å². The molecule has 0 saturated heterocycles. The maximum absolute atomic E-state index is 12.9. The van der Waals surface area contributed by atoms with Gasteiger partial charge in [0.15, 0.2) is 6.61 Å². The molecule has 2 aromatic carbocycles. The number of hydrogen-bond acceptors (Lipinski definition) is 5. The number of alkyl halides is 3. The van der Waals surface area contributed by atoms with Crippen molar-refractivity contribution < 1.29 is 27.2 Å². The van der Waals surface area contributed by atoms with Gasteiger partial charge in [0.2, 0.25) is 5.82 Å². The van der Waals surface area contributed by atoms with Gasteiger partial charge in [-0.15, -0.1) is 0 Å². The molecule has 5 nitrogen and oxygen atoms in total. The molecule has 0 unspecified atom stereocenters. The van der Waals surface area contributed by atoms with Crippen molar-refractivity contribution in [1.29, 1.82) is 0 Å². The number of aromatic nitrogens is 2. The van der Waals surface area contributed by atoms with Gasteiger partial charge in [0.25, 0.3) is 5.89 Å². The fourth-order valence-electron chi connectivity index (χ4n) is 2.17. The van der Waals surface area contributed by atoms with Gasteiger partial charge in [-0.3, -0.25) is 0 Å². The molecule has 3 rings (SSSR count).